The van der Waals surface area contributed by atoms with Crippen LogP contribution in [-0.4, -0.2) is 54.6 Å². The summed E-state index contributed by atoms with van der Waals surface area (Å²) in [5, 5.41) is 0. The summed E-state index contributed by atoms with van der Waals surface area (Å²) in [5.74, 6) is 0.781. The zero-order chi connectivity index (χ0) is 13.0. The van der Waals surface area contributed by atoms with Crippen molar-refractivity contribution in [3.05, 3.63) is 0 Å². The first-order chi connectivity index (χ1) is 8.80. The first-order valence-electron chi connectivity index (χ1n) is 7.98. The Hall–Kier alpha value is -0.120. The molecule has 2 heterocycles. The highest BCUT2D eigenvalue weighted by Gasteiger charge is 2.32. The fourth-order valence-electron chi connectivity index (χ4n) is 4.01. The molecule has 0 bridgehead atoms. The van der Waals surface area contributed by atoms with E-state index in [-0.39, 0.29) is 0 Å². The van der Waals surface area contributed by atoms with Crippen molar-refractivity contribution in [2.75, 3.05) is 32.7 Å². The van der Waals surface area contributed by atoms with Gasteiger partial charge in [0, 0.05) is 25.2 Å². The molecule has 2 N–H and O–H groups in total. The Morgan fingerprint density at radius 3 is 2.50 bits per heavy atom. The molecule has 2 atom stereocenters. The average molecular weight is 253 g/mol. The van der Waals surface area contributed by atoms with Crippen molar-refractivity contribution in [1.29, 1.82) is 0 Å². The summed E-state index contributed by atoms with van der Waals surface area (Å²) < 4.78 is 0. The van der Waals surface area contributed by atoms with Gasteiger partial charge in [-0.3, -0.25) is 9.80 Å². The molecule has 2 rings (SSSR count). The van der Waals surface area contributed by atoms with E-state index in [1.54, 1.807) is 0 Å². The third-order valence-electron chi connectivity index (χ3n) is 5.14. The lowest BCUT2D eigenvalue weighted by Gasteiger charge is -2.36. The van der Waals surface area contributed by atoms with E-state index in [1.165, 1.54) is 58.3 Å². The number of fused-ring (bicyclic) bond motifs is 1. The molecule has 0 spiro atoms. The molecule has 0 radical (unpaired) electrons. The van der Waals surface area contributed by atoms with Crippen LogP contribution in [0.2, 0.25) is 0 Å². The van der Waals surface area contributed by atoms with E-state index in [0.717, 1.165) is 18.5 Å². The lowest BCUT2D eigenvalue weighted by atomic mass is 9.92. The van der Waals surface area contributed by atoms with Crippen LogP contribution >= 0.6 is 0 Å². The van der Waals surface area contributed by atoms with E-state index in [4.69, 9.17) is 5.73 Å². The highest BCUT2D eigenvalue weighted by molar-refractivity contribution is 4.89. The standard InChI is InChI=1S/C15H31N3/c1-3-13(4-2)15(11-16)18-10-6-9-17-8-5-7-14(17)12-18/h13-15H,3-12,16H2,1-2H3. The predicted octanol–water partition coefficient (Wildman–Crippen LogP) is 1.92. The molecular formula is C15H31N3. The topological polar surface area (TPSA) is 32.5 Å². The van der Waals surface area contributed by atoms with E-state index in [9.17, 15) is 0 Å². The smallest absolute Gasteiger partial charge is 0.0247 e. The first kappa shape index (κ1) is 14.3. The van der Waals surface area contributed by atoms with Gasteiger partial charge in [0.25, 0.3) is 0 Å². The molecule has 0 amide bonds. The van der Waals surface area contributed by atoms with Crippen LogP contribution in [0.5, 0.6) is 0 Å². The van der Waals surface area contributed by atoms with Crippen molar-refractivity contribution in [1.82, 2.24) is 9.80 Å². The van der Waals surface area contributed by atoms with Crippen molar-refractivity contribution in [2.45, 2.75) is 58.0 Å². The Labute approximate surface area is 113 Å². The van der Waals surface area contributed by atoms with Crippen molar-refractivity contribution in [3.8, 4) is 0 Å². The van der Waals surface area contributed by atoms with Crippen molar-refractivity contribution >= 4 is 0 Å². The maximum Gasteiger partial charge on any atom is 0.0247 e. The Kier molecular flexibility index (Phi) is 5.46. The second-order valence-corrected chi connectivity index (χ2v) is 6.06. The third kappa shape index (κ3) is 3.06. The van der Waals surface area contributed by atoms with Crippen LogP contribution in [0.1, 0.15) is 46.0 Å². The molecule has 3 nitrogen and oxygen atoms in total. The molecule has 18 heavy (non-hydrogen) atoms. The predicted molar refractivity (Wildman–Crippen MR) is 77.7 cm³/mol. The fraction of sp³-hybridized carbons (Fsp3) is 1.00. The zero-order valence-electron chi connectivity index (χ0n) is 12.3. The van der Waals surface area contributed by atoms with E-state index in [2.05, 4.69) is 23.6 Å². The minimum absolute atomic E-state index is 0.612. The molecule has 0 aromatic carbocycles. The van der Waals surface area contributed by atoms with Gasteiger partial charge in [0.05, 0.1) is 0 Å². The molecular weight excluding hydrogens is 222 g/mol. The van der Waals surface area contributed by atoms with E-state index < -0.39 is 0 Å². The van der Waals surface area contributed by atoms with E-state index in [0.29, 0.717) is 6.04 Å². The Bertz CT molecular complexity index is 240. The van der Waals surface area contributed by atoms with Crippen molar-refractivity contribution < 1.29 is 0 Å². The quantitative estimate of drug-likeness (QED) is 0.812. The Morgan fingerprint density at radius 1 is 1.11 bits per heavy atom. The molecule has 2 fully saturated rings. The maximum absolute atomic E-state index is 6.09. The van der Waals surface area contributed by atoms with Crippen molar-refractivity contribution in [3.63, 3.8) is 0 Å². The van der Waals surface area contributed by atoms with Crippen LogP contribution in [-0.2, 0) is 0 Å². The molecule has 0 aliphatic carbocycles. The molecule has 2 saturated heterocycles. The van der Waals surface area contributed by atoms with Crippen LogP contribution in [0.3, 0.4) is 0 Å². The highest BCUT2D eigenvalue weighted by atomic mass is 15.3. The number of nitrogens with two attached hydrogens (primary N) is 1. The molecule has 2 aliphatic heterocycles. The Balaban J connectivity index is 2.00. The second kappa shape index (κ2) is 6.88. The van der Waals surface area contributed by atoms with Gasteiger partial charge in [-0.15, -0.1) is 0 Å². The average Bonchev–Trinajstić information content (AvgIpc) is 2.73. The van der Waals surface area contributed by atoms with Crippen LogP contribution in [0.15, 0.2) is 0 Å². The summed E-state index contributed by atoms with van der Waals surface area (Å²) in [4.78, 5) is 5.42. The van der Waals surface area contributed by atoms with Gasteiger partial charge in [-0.1, -0.05) is 26.7 Å². The minimum atomic E-state index is 0.612. The lowest BCUT2D eigenvalue weighted by molar-refractivity contribution is 0.127. The van der Waals surface area contributed by atoms with Gasteiger partial charge < -0.3 is 5.73 Å². The summed E-state index contributed by atoms with van der Waals surface area (Å²) >= 11 is 0. The van der Waals surface area contributed by atoms with Gasteiger partial charge in [-0.25, -0.2) is 0 Å². The minimum Gasteiger partial charge on any atom is -0.329 e. The Morgan fingerprint density at radius 2 is 1.83 bits per heavy atom. The molecule has 2 aliphatic rings. The van der Waals surface area contributed by atoms with Gasteiger partial charge in [0.2, 0.25) is 0 Å². The van der Waals surface area contributed by atoms with Gasteiger partial charge in [0.1, 0.15) is 0 Å². The lowest BCUT2D eigenvalue weighted by Crippen LogP contribution is -2.48. The summed E-state index contributed by atoms with van der Waals surface area (Å²) in [5.41, 5.74) is 6.09. The van der Waals surface area contributed by atoms with E-state index in [1.807, 2.05) is 0 Å². The highest BCUT2D eigenvalue weighted by Crippen LogP contribution is 2.25. The van der Waals surface area contributed by atoms with E-state index >= 15 is 0 Å². The fourth-order valence-corrected chi connectivity index (χ4v) is 4.01. The monoisotopic (exact) mass is 253 g/mol. The van der Waals surface area contributed by atoms with Crippen LogP contribution in [0.4, 0.5) is 0 Å². The normalized spacial score (nSPS) is 28.3. The number of hydrogen-bond acceptors (Lipinski definition) is 3. The van der Waals surface area contributed by atoms with Crippen LogP contribution < -0.4 is 5.73 Å². The van der Waals surface area contributed by atoms with Gasteiger partial charge in [0.15, 0.2) is 0 Å². The number of nitrogens with zero attached hydrogens (tertiary/aromatic N) is 2. The van der Waals surface area contributed by atoms with Gasteiger partial charge >= 0.3 is 0 Å². The molecule has 106 valence electrons. The molecule has 0 saturated carbocycles. The number of hydrogen-bond donors (Lipinski definition) is 1. The maximum atomic E-state index is 6.09. The summed E-state index contributed by atoms with van der Waals surface area (Å²) in [6, 6.07) is 1.43. The molecule has 0 aromatic heterocycles. The molecule has 3 heteroatoms. The number of rotatable bonds is 5. The third-order valence-corrected chi connectivity index (χ3v) is 5.14. The summed E-state index contributed by atoms with van der Waals surface area (Å²) in [6.07, 6.45) is 6.66. The van der Waals surface area contributed by atoms with Crippen LogP contribution in [0.25, 0.3) is 0 Å². The van der Waals surface area contributed by atoms with Gasteiger partial charge in [-0.2, -0.15) is 0 Å². The summed E-state index contributed by atoms with van der Waals surface area (Å²) in [7, 11) is 0. The zero-order valence-corrected chi connectivity index (χ0v) is 12.3. The first-order valence-corrected chi connectivity index (χ1v) is 7.98. The molecule has 2 unspecified atom stereocenters. The van der Waals surface area contributed by atoms with Crippen LogP contribution in [0, 0.1) is 5.92 Å². The second-order valence-electron chi connectivity index (χ2n) is 6.06. The summed E-state index contributed by atoms with van der Waals surface area (Å²) in [6.45, 7) is 10.6. The van der Waals surface area contributed by atoms with Crippen molar-refractivity contribution in [2.24, 2.45) is 11.7 Å². The molecule has 0 aromatic rings. The van der Waals surface area contributed by atoms with Gasteiger partial charge in [-0.05, 0) is 44.8 Å². The SMILES string of the molecule is CCC(CC)C(CN)N1CCCN2CCCC2C1. The largest absolute Gasteiger partial charge is 0.329 e.